The van der Waals surface area contributed by atoms with Crippen LogP contribution in [0.1, 0.15) is 5.69 Å². The number of hydrogen-bond donors (Lipinski definition) is 2. The first-order chi connectivity index (χ1) is 10.1. The summed E-state index contributed by atoms with van der Waals surface area (Å²) in [7, 11) is 0. The van der Waals surface area contributed by atoms with Gasteiger partial charge < -0.3 is 10.2 Å². The standard InChI is InChI=1S/C15H12N2O3S/c18-12-6-10(9-4-2-1-3-5-9)7-16-13(12)14-17-11(8-21-14)15(19)20/h1-7,11,18H,8H2,(H,19,20)/t11-/m0/s1. The van der Waals surface area contributed by atoms with Crippen molar-refractivity contribution >= 4 is 22.8 Å². The molecule has 3 rings (SSSR count). The highest BCUT2D eigenvalue weighted by molar-refractivity contribution is 8.14. The van der Waals surface area contributed by atoms with Crippen LogP contribution in [0, 0.1) is 0 Å². The van der Waals surface area contributed by atoms with E-state index >= 15 is 0 Å². The zero-order valence-corrected chi connectivity index (χ0v) is 11.7. The Morgan fingerprint density at radius 3 is 2.62 bits per heavy atom. The fourth-order valence-electron chi connectivity index (χ4n) is 2.04. The number of hydrogen-bond acceptors (Lipinski definition) is 5. The van der Waals surface area contributed by atoms with Crippen molar-refractivity contribution in [2.24, 2.45) is 4.99 Å². The van der Waals surface area contributed by atoms with Crippen LogP contribution in [0.5, 0.6) is 5.75 Å². The highest BCUT2D eigenvalue weighted by Crippen LogP contribution is 2.30. The van der Waals surface area contributed by atoms with Gasteiger partial charge in [0.2, 0.25) is 0 Å². The number of aromatic hydroxyl groups is 1. The summed E-state index contributed by atoms with van der Waals surface area (Å²) in [5, 5.41) is 19.5. The van der Waals surface area contributed by atoms with Gasteiger partial charge in [-0.15, -0.1) is 11.8 Å². The maximum Gasteiger partial charge on any atom is 0.329 e. The van der Waals surface area contributed by atoms with Crippen molar-refractivity contribution in [1.29, 1.82) is 0 Å². The van der Waals surface area contributed by atoms with Crippen molar-refractivity contribution in [3.8, 4) is 16.9 Å². The molecule has 1 aromatic heterocycles. The molecule has 0 unspecified atom stereocenters. The quantitative estimate of drug-likeness (QED) is 0.909. The van der Waals surface area contributed by atoms with Crippen LogP contribution >= 0.6 is 11.8 Å². The SMILES string of the molecule is O=C(O)[C@@H]1CSC(c2ncc(-c3ccccc3)cc2O)=N1. The largest absolute Gasteiger partial charge is 0.506 e. The normalized spacial score (nSPS) is 17.5. The maximum absolute atomic E-state index is 10.9. The molecular weight excluding hydrogens is 288 g/mol. The molecule has 0 saturated heterocycles. The molecule has 0 bridgehead atoms. The lowest BCUT2D eigenvalue weighted by Gasteiger charge is -2.06. The van der Waals surface area contributed by atoms with Crippen LogP contribution in [0.3, 0.4) is 0 Å². The number of nitrogens with zero attached hydrogens (tertiary/aromatic N) is 2. The van der Waals surface area contributed by atoms with Crippen molar-refractivity contribution in [1.82, 2.24) is 4.98 Å². The van der Waals surface area contributed by atoms with Crippen LogP contribution in [0.15, 0.2) is 47.6 Å². The van der Waals surface area contributed by atoms with Crippen molar-refractivity contribution in [3.63, 3.8) is 0 Å². The Labute approximate surface area is 125 Å². The molecule has 6 heteroatoms. The third kappa shape index (κ3) is 2.75. The van der Waals surface area contributed by atoms with Gasteiger partial charge in [-0.25, -0.2) is 9.78 Å². The second-order valence-corrected chi connectivity index (χ2v) is 5.57. The molecule has 2 heterocycles. The number of aliphatic carboxylic acids is 1. The number of carbonyl (C=O) groups is 1. The summed E-state index contributed by atoms with van der Waals surface area (Å²) in [6.07, 6.45) is 1.65. The van der Waals surface area contributed by atoms with Gasteiger partial charge >= 0.3 is 5.97 Å². The number of aromatic nitrogens is 1. The fraction of sp³-hybridized carbons (Fsp3) is 0.133. The lowest BCUT2D eigenvalue weighted by molar-refractivity contribution is -0.137. The highest BCUT2D eigenvalue weighted by Gasteiger charge is 2.27. The van der Waals surface area contributed by atoms with E-state index in [0.717, 1.165) is 11.1 Å². The van der Waals surface area contributed by atoms with E-state index in [-0.39, 0.29) is 5.75 Å². The Bertz CT molecular complexity index is 716. The summed E-state index contributed by atoms with van der Waals surface area (Å²) in [6, 6.07) is 10.5. The lowest BCUT2D eigenvalue weighted by Crippen LogP contribution is -2.17. The van der Waals surface area contributed by atoms with Gasteiger partial charge in [0.15, 0.2) is 6.04 Å². The van der Waals surface area contributed by atoms with Gasteiger partial charge in [-0.05, 0) is 11.6 Å². The summed E-state index contributed by atoms with van der Waals surface area (Å²) < 4.78 is 0. The predicted octanol–water partition coefficient (Wildman–Crippen LogP) is 2.40. The average Bonchev–Trinajstić information content (AvgIpc) is 2.98. The van der Waals surface area contributed by atoms with Gasteiger partial charge in [0, 0.05) is 17.5 Å². The number of rotatable bonds is 3. The molecule has 0 amide bonds. The van der Waals surface area contributed by atoms with Crippen LogP contribution in [0.2, 0.25) is 0 Å². The van der Waals surface area contributed by atoms with E-state index in [0.29, 0.717) is 16.5 Å². The van der Waals surface area contributed by atoms with Crippen molar-refractivity contribution in [3.05, 3.63) is 48.3 Å². The van der Waals surface area contributed by atoms with E-state index < -0.39 is 12.0 Å². The van der Waals surface area contributed by atoms with Crippen LogP contribution in [-0.2, 0) is 4.79 Å². The molecule has 1 aromatic carbocycles. The van der Waals surface area contributed by atoms with E-state index in [4.69, 9.17) is 5.11 Å². The molecule has 1 aliphatic heterocycles. The summed E-state index contributed by atoms with van der Waals surface area (Å²) in [4.78, 5) is 19.2. The zero-order chi connectivity index (χ0) is 14.8. The van der Waals surface area contributed by atoms with Gasteiger partial charge in [0.1, 0.15) is 16.5 Å². The van der Waals surface area contributed by atoms with Crippen LogP contribution < -0.4 is 0 Å². The number of carboxylic acid groups (broad SMARTS) is 1. The molecule has 0 fully saturated rings. The molecule has 1 aliphatic rings. The molecule has 0 aliphatic carbocycles. The van der Waals surface area contributed by atoms with Crippen LogP contribution in [0.25, 0.3) is 11.1 Å². The minimum Gasteiger partial charge on any atom is -0.506 e. The Balaban J connectivity index is 1.93. The Hall–Kier alpha value is -2.34. The second-order valence-electron chi connectivity index (χ2n) is 4.56. The van der Waals surface area contributed by atoms with E-state index in [1.807, 2.05) is 30.3 Å². The Morgan fingerprint density at radius 1 is 1.24 bits per heavy atom. The number of thioether (sulfide) groups is 1. The number of pyridine rings is 1. The maximum atomic E-state index is 10.9. The second kappa shape index (κ2) is 5.57. The number of carboxylic acids is 1. The molecule has 21 heavy (non-hydrogen) atoms. The van der Waals surface area contributed by atoms with Crippen LogP contribution in [0.4, 0.5) is 0 Å². The predicted molar refractivity (Wildman–Crippen MR) is 81.8 cm³/mol. The van der Waals surface area contributed by atoms with E-state index in [1.54, 1.807) is 12.3 Å². The van der Waals surface area contributed by atoms with Gasteiger partial charge in [-0.2, -0.15) is 0 Å². The number of aliphatic imine (C=N–C) groups is 1. The monoisotopic (exact) mass is 300 g/mol. The summed E-state index contributed by atoms with van der Waals surface area (Å²) in [6.45, 7) is 0. The van der Waals surface area contributed by atoms with Gasteiger partial charge in [0.25, 0.3) is 0 Å². The van der Waals surface area contributed by atoms with Gasteiger partial charge in [0.05, 0.1) is 0 Å². The summed E-state index contributed by atoms with van der Waals surface area (Å²) >= 11 is 1.29. The first kappa shape index (κ1) is 13.6. The smallest absolute Gasteiger partial charge is 0.329 e. The van der Waals surface area contributed by atoms with Crippen molar-refractivity contribution < 1.29 is 15.0 Å². The van der Waals surface area contributed by atoms with Crippen LogP contribution in [-0.4, -0.2) is 38.0 Å². The molecule has 2 N–H and O–H groups in total. The highest BCUT2D eigenvalue weighted by atomic mass is 32.2. The average molecular weight is 300 g/mol. The van der Waals surface area contributed by atoms with E-state index in [1.165, 1.54) is 11.8 Å². The summed E-state index contributed by atoms with van der Waals surface area (Å²) in [5.74, 6) is -0.585. The molecule has 2 aromatic rings. The van der Waals surface area contributed by atoms with Gasteiger partial charge in [-0.1, -0.05) is 30.3 Å². The van der Waals surface area contributed by atoms with E-state index in [9.17, 15) is 9.90 Å². The fourth-order valence-corrected chi connectivity index (χ4v) is 3.06. The topological polar surface area (TPSA) is 82.8 Å². The van der Waals surface area contributed by atoms with Gasteiger partial charge in [-0.3, -0.25) is 4.99 Å². The first-order valence-corrected chi connectivity index (χ1v) is 7.32. The number of benzene rings is 1. The lowest BCUT2D eigenvalue weighted by atomic mass is 10.1. The first-order valence-electron chi connectivity index (χ1n) is 6.33. The Kier molecular flexibility index (Phi) is 3.62. The molecule has 0 radical (unpaired) electrons. The van der Waals surface area contributed by atoms with Crippen molar-refractivity contribution in [2.75, 3.05) is 5.75 Å². The molecule has 0 spiro atoms. The molecule has 0 saturated carbocycles. The molecule has 1 atom stereocenters. The Morgan fingerprint density at radius 2 is 2.00 bits per heavy atom. The molecular formula is C15H12N2O3S. The minimum atomic E-state index is -0.960. The molecule has 5 nitrogen and oxygen atoms in total. The van der Waals surface area contributed by atoms with E-state index in [2.05, 4.69) is 9.98 Å². The third-order valence-electron chi connectivity index (χ3n) is 3.11. The minimum absolute atomic E-state index is 0.00800. The molecule has 106 valence electrons. The zero-order valence-electron chi connectivity index (χ0n) is 10.9. The van der Waals surface area contributed by atoms with Crippen molar-refractivity contribution in [2.45, 2.75) is 6.04 Å². The third-order valence-corrected chi connectivity index (χ3v) is 4.17. The summed E-state index contributed by atoms with van der Waals surface area (Å²) in [5.41, 5.74) is 2.09.